The lowest BCUT2D eigenvalue weighted by Gasteiger charge is -2.11. The van der Waals surface area contributed by atoms with E-state index in [1.165, 1.54) is 0 Å². The molecule has 0 fully saturated rings. The fraction of sp³-hybridized carbons (Fsp3) is 0.125. The van der Waals surface area contributed by atoms with Crippen LogP contribution in [-0.4, -0.2) is 39.9 Å². The first-order valence-electron chi connectivity index (χ1n) is 12.9. The van der Waals surface area contributed by atoms with Crippen LogP contribution >= 0.6 is 0 Å². The molecule has 0 spiro atoms. The fourth-order valence-electron chi connectivity index (χ4n) is 4.54. The molecular weight excluding hydrogens is 496 g/mol. The highest BCUT2D eigenvalue weighted by atomic mass is 15.0. The summed E-state index contributed by atoms with van der Waals surface area (Å²) in [7, 11) is 0. The van der Waals surface area contributed by atoms with Gasteiger partial charge in [0.2, 0.25) is 0 Å². The van der Waals surface area contributed by atoms with Crippen LogP contribution in [0, 0.1) is 27.7 Å². The van der Waals surface area contributed by atoms with E-state index in [-0.39, 0.29) is 0 Å². The molecule has 0 aliphatic heterocycles. The third kappa shape index (κ3) is 4.82. The van der Waals surface area contributed by atoms with Crippen molar-refractivity contribution in [1.82, 2.24) is 39.9 Å². The van der Waals surface area contributed by atoms with E-state index in [9.17, 15) is 0 Å². The predicted molar refractivity (Wildman–Crippen MR) is 155 cm³/mol. The predicted octanol–water partition coefficient (Wildman–Crippen LogP) is 6.42. The number of nitrogens with zero attached hydrogens (tertiary/aromatic N) is 8. The number of benzene rings is 2. The summed E-state index contributed by atoms with van der Waals surface area (Å²) in [4.78, 5) is 37.3. The van der Waals surface area contributed by atoms with Crippen molar-refractivity contribution in [1.29, 1.82) is 0 Å². The Morgan fingerprint density at radius 3 is 1.07 bits per heavy atom. The normalized spacial score (nSPS) is 11.0. The Hall–Kier alpha value is -5.24. The van der Waals surface area contributed by atoms with Gasteiger partial charge in [-0.2, -0.15) is 0 Å². The van der Waals surface area contributed by atoms with Crippen LogP contribution in [0.5, 0.6) is 0 Å². The van der Waals surface area contributed by atoms with Crippen LogP contribution in [0.3, 0.4) is 0 Å². The molecule has 0 saturated heterocycles. The highest BCUT2D eigenvalue weighted by molar-refractivity contribution is 5.69. The molecule has 2 aromatic carbocycles. The highest BCUT2D eigenvalue weighted by Crippen LogP contribution is 2.28. The van der Waals surface area contributed by atoms with Crippen molar-refractivity contribution in [2.45, 2.75) is 27.7 Å². The Balaban J connectivity index is 1.27. The molecule has 0 radical (unpaired) electrons. The van der Waals surface area contributed by atoms with Crippen molar-refractivity contribution in [2.24, 2.45) is 0 Å². The second-order valence-electron chi connectivity index (χ2n) is 9.50. The van der Waals surface area contributed by atoms with E-state index in [1.807, 2.05) is 82.4 Å². The van der Waals surface area contributed by atoms with Gasteiger partial charge in [0.1, 0.15) is 0 Å². The van der Waals surface area contributed by atoms with E-state index in [4.69, 9.17) is 15.0 Å². The molecule has 8 nitrogen and oxygen atoms in total. The summed E-state index contributed by atoms with van der Waals surface area (Å²) in [6, 6.07) is 20.0. The van der Waals surface area contributed by atoms with Gasteiger partial charge in [-0.15, -0.1) is 0 Å². The Labute approximate surface area is 232 Å². The maximum absolute atomic E-state index is 4.76. The van der Waals surface area contributed by atoms with Gasteiger partial charge >= 0.3 is 0 Å². The van der Waals surface area contributed by atoms with Crippen LogP contribution in [0.15, 0.2) is 85.5 Å². The molecule has 0 atom stereocenters. The van der Waals surface area contributed by atoms with Crippen LogP contribution in [-0.2, 0) is 0 Å². The summed E-state index contributed by atoms with van der Waals surface area (Å²) in [5, 5.41) is 0. The molecule has 4 aromatic heterocycles. The molecule has 6 aromatic rings. The molecule has 0 unspecified atom stereocenters. The minimum atomic E-state index is 0.551. The molecular formula is C32H26N8. The maximum atomic E-state index is 4.76. The minimum Gasteiger partial charge on any atom is -0.236 e. The molecule has 0 amide bonds. The molecule has 0 saturated carbocycles. The molecule has 0 aliphatic rings. The summed E-state index contributed by atoms with van der Waals surface area (Å²) in [6.45, 7) is 7.79. The fourth-order valence-corrected chi connectivity index (χ4v) is 4.54. The first-order chi connectivity index (χ1) is 19.5. The Bertz CT molecular complexity index is 1840. The smallest absolute Gasteiger partial charge is 0.162 e. The molecule has 0 bridgehead atoms. The van der Waals surface area contributed by atoms with Gasteiger partial charge in [-0.3, -0.25) is 0 Å². The Morgan fingerprint density at radius 1 is 0.350 bits per heavy atom. The lowest BCUT2D eigenvalue weighted by Crippen LogP contribution is -2.03. The highest BCUT2D eigenvalue weighted by Gasteiger charge is 2.16. The van der Waals surface area contributed by atoms with Crippen molar-refractivity contribution < 1.29 is 0 Å². The summed E-state index contributed by atoms with van der Waals surface area (Å²) in [5.41, 5.74) is 8.64. The average Bonchev–Trinajstić information content (AvgIpc) is 2.98. The summed E-state index contributed by atoms with van der Waals surface area (Å²) < 4.78 is 0. The second-order valence-corrected chi connectivity index (χ2v) is 9.50. The summed E-state index contributed by atoms with van der Waals surface area (Å²) in [6.07, 6.45) is 7.16. The van der Waals surface area contributed by atoms with E-state index in [1.54, 1.807) is 18.6 Å². The van der Waals surface area contributed by atoms with E-state index >= 15 is 0 Å². The van der Waals surface area contributed by atoms with Crippen LogP contribution in [0.2, 0.25) is 0 Å². The molecule has 0 N–H and O–H groups in total. The van der Waals surface area contributed by atoms with Crippen molar-refractivity contribution in [3.8, 4) is 56.7 Å². The zero-order chi connectivity index (χ0) is 27.6. The van der Waals surface area contributed by atoms with Crippen molar-refractivity contribution in [2.75, 3.05) is 0 Å². The molecule has 4 heterocycles. The van der Waals surface area contributed by atoms with E-state index in [0.29, 0.717) is 23.3 Å². The third-order valence-corrected chi connectivity index (χ3v) is 6.76. The summed E-state index contributed by atoms with van der Waals surface area (Å²) >= 11 is 0. The minimum absolute atomic E-state index is 0.551. The summed E-state index contributed by atoms with van der Waals surface area (Å²) in [5.74, 6) is 2.39. The van der Waals surface area contributed by atoms with Gasteiger partial charge in [0.25, 0.3) is 0 Å². The lowest BCUT2D eigenvalue weighted by molar-refractivity contribution is 1.03. The standard InChI is InChI=1S/C32H26N8/c1-19-25(23-11-7-5-8-12-23)15-34-30(38-19)27-17-36-32(40-21(27)3)28-18-35-31(39-22(28)4)26-16-33-29(37-20(26)2)24-13-9-6-10-14-24/h5-18H,1-4H3. The zero-order valence-corrected chi connectivity index (χ0v) is 22.7. The molecule has 40 heavy (non-hydrogen) atoms. The largest absolute Gasteiger partial charge is 0.236 e. The lowest BCUT2D eigenvalue weighted by atomic mass is 10.1. The Morgan fingerprint density at radius 2 is 0.675 bits per heavy atom. The molecule has 0 aliphatic carbocycles. The van der Waals surface area contributed by atoms with Crippen LogP contribution in [0.4, 0.5) is 0 Å². The van der Waals surface area contributed by atoms with Crippen LogP contribution < -0.4 is 0 Å². The second kappa shape index (κ2) is 10.5. The Kier molecular flexibility index (Phi) is 6.57. The van der Waals surface area contributed by atoms with Gasteiger partial charge in [0.15, 0.2) is 23.3 Å². The maximum Gasteiger partial charge on any atom is 0.162 e. The van der Waals surface area contributed by atoms with Gasteiger partial charge in [0.05, 0.1) is 33.8 Å². The third-order valence-electron chi connectivity index (χ3n) is 6.76. The molecule has 6 rings (SSSR count). The quantitative estimate of drug-likeness (QED) is 0.256. The van der Waals surface area contributed by atoms with E-state index in [0.717, 1.165) is 56.2 Å². The van der Waals surface area contributed by atoms with Crippen molar-refractivity contribution >= 4 is 0 Å². The van der Waals surface area contributed by atoms with E-state index < -0.39 is 0 Å². The first-order valence-corrected chi connectivity index (χ1v) is 12.9. The average molecular weight is 523 g/mol. The number of hydrogen-bond donors (Lipinski definition) is 0. The number of aryl methyl sites for hydroxylation is 4. The van der Waals surface area contributed by atoms with Gasteiger partial charge in [-0.05, 0) is 33.3 Å². The molecule has 194 valence electrons. The van der Waals surface area contributed by atoms with Crippen LogP contribution in [0.1, 0.15) is 22.8 Å². The topological polar surface area (TPSA) is 103 Å². The number of aromatic nitrogens is 8. The zero-order valence-electron chi connectivity index (χ0n) is 22.7. The first kappa shape index (κ1) is 25.1. The van der Waals surface area contributed by atoms with Gasteiger partial charge in [-0.25, -0.2) is 39.9 Å². The van der Waals surface area contributed by atoms with Gasteiger partial charge < -0.3 is 0 Å². The molecule has 8 heteroatoms. The monoisotopic (exact) mass is 522 g/mol. The van der Waals surface area contributed by atoms with Crippen molar-refractivity contribution in [3.05, 3.63) is 108 Å². The van der Waals surface area contributed by atoms with Crippen LogP contribution in [0.25, 0.3) is 56.7 Å². The SMILES string of the molecule is Cc1nc(-c2cnc(-c3cnc(-c4cnc(-c5ccccc5)nc4C)nc3C)nc2C)ncc1-c1ccccc1. The van der Waals surface area contributed by atoms with Crippen molar-refractivity contribution in [3.63, 3.8) is 0 Å². The number of rotatable bonds is 5. The van der Waals surface area contributed by atoms with E-state index in [2.05, 4.69) is 37.1 Å². The number of hydrogen-bond acceptors (Lipinski definition) is 8. The van der Waals surface area contributed by atoms with Gasteiger partial charge in [0, 0.05) is 41.6 Å². The van der Waals surface area contributed by atoms with Gasteiger partial charge in [-0.1, -0.05) is 60.7 Å².